The zero-order valence-corrected chi connectivity index (χ0v) is 11.1. The van der Waals surface area contributed by atoms with Gasteiger partial charge in [0, 0.05) is 5.02 Å². The lowest BCUT2D eigenvalue weighted by Gasteiger charge is -2.07. The van der Waals surface area contributed by atoms with Crippen LogP contribution in [0.3, 0.4) is 0 Å². The Morgan fingerprint density at radius 2 is 1.94 bits per heavy atom. The van der Waals surface area contributed by atoms with Crippen molar-refractivity contribution in [1.29, 1.82) is 0 Å². The second-order valence-electron chi connectivity index (χ2n) is 3.09. The summed E-state index contributed by atoms with van der Waals surface area (Å²) in [5.41, 5.74) is 0.775. The molecule has 2 rings (SSSR count). The largest absolute Gasteiger partial charge is 0.339 e. The molecule has 1 heterocycles. The van der Waals surface area contributed by atoms with Crippen LogP contribution in [0, 0.1) is 0 Å². The van der Waals surface area contributed by atoms with Crippen LogP contribution < -0.4 is 5.32 Å². The number of hydrogen-bond acceptors (Lipinski definition) is 2. The molecule has 0 atom stereocenters. The summed E-state index contributed by atoms with van der Waals surface area (Å²) in [7, 11) is 0. The standard InChI is InChI=1S/C11H7BrCl2N2/c12-10-2-1-3-11(16-10)15-9-5-4-7(13)6-8(9)14/h1-6H,(H,15,16). The van der Waals surface area contributed by atoms with Crippen molar-refractivity contribution in [3.8, 4) is 0 Å². The SMILES string of the molecule is Clc1ccc(Nc2cccc(Br)n2)c(Cl)c1. The normalized spacial score (nSPS) is 10.2. The van der Waals surface area contributed by atoms with Crippen molar-refractivity contribution in [3.63, 3.8) is 0 Å². The van der Waals surface area contributed by atoms with E-state index in [1.54, 1.807) is 12.1 Å². The van der Waals surface area contributed by atoms with Crippen molar-refractivity contribution in [2.75, 3.05) is 5.32 Å². The average molecular weight is 318 g/mol. The van der Waals surface area contributed by atoms with E-state index in [0.717, 1.165) is 16.1 Å². The second-order valence-corrected chi connectivity index (χ2v) is 4.75. The van der Waals surface area contributed by atoms with E-state index in [2.05, 4.69) is 26.2 Å². The molecule has 0 radical (unpaired) electrons. The van der Waals surface area contributed by atoms with Crippen LogP contribution in [0.15, 0.2) is 41.0 Å². The molecule has 1 aromatic carbocycles. The Labute approximate surface area is 112 Å². The zero-order chi connectivity index (χ0) is 11.5. The third kappa shape index (κ3) is 2.88. The molecule has 1 aromatic heterocycles. The van der Waals surface area contributed by atoms with E-state index >= 15 is 0 Å². The summed E-state index contributed by atoms with van der Waals surface area (Å²) in [6.45, 7) is 0. The van der Waals surface area contributed by atoms with Crippen LogP contribution in [0.5, 0.6) is 0 Å². The van der Waals surface area contributed by atoms with Crippen LogP contribution in [0.2, 0.25) is 10.0 Å². The highest BCUT2D eigenvalue weighted by atomic mass is 79.9. The van der Waals surface area contributed by atoms with E-state index in [1.807, 2.05) is 24.3 Å². The van der Waals surface area contributed by atoms with Gasteiger partial charge in [-0.3, -0.25) is 0 Å². The Hall–Kier alpha value is -0.770. The molecule has 0 fully saturated rings. The molecule has 0 saturated carbocycles. The van der Waals surface area contributed by atoms with Crippen LogP contribution >= 0.6 is 39.1 Å². The first-order chi connectivity index (χ1) is 7.65. The lowest BCUT2D eigenvalue weighted by molar-refractivity contribution is 1.26. The van der Waals surface area contributed by atoms with Crippen molar-refractivity contribution in [1.82, 2.24) is 4.98 Å². The Morgan fingerprint density at radius 3 is 2.62 bits per heavy atom. The van der Waals surface area contributed by atoms with Gasteiger partial charge in [-0.15, -0.1) is 0 Å². The zero-order valence-electron chi connectivity index (χ0n) is 8.05. The Morgan fingerprint density at radius 1 is 1.12 bits per heavy atom. The number of pyridine rings is 1. The third-order valence-electron chi connectivity index (χ3n) is 1.91. The van der Waals surface area contributed by atoms with Crippen LogP contribution in [0.1, 0.15) is 0 Å². The summed E-state index contributed by atoms with van der Waals surface area (Å²) in [5.74, 6) is 0.721. The number of nitrogens with zero attached hydrogens (tertiary/aromatic N) is 1. The van der Waals surface area contributed by atoms with E-state index in [9.17, 15) is 0 Å². The van der Waals surface area contributed by atoms with Gasteiger partial charge in [-0.05, 0) is 46.3 Å². The number of benzene rings is 1. The minimum absolute atomic E-state index is 0.564. The third-order valence-corrected chi connectivity index (χ3v) is 2.90. The molecule has 0 saturated heterocycles. The molecule has 1 N–H and O–H groups in total. The fourth-order valence-corrected chi connectivity index (χ4v) is 2.01. The van der Waals surface area contributed by atoms with Crippen LogP contribution in [-0.2, 0) is 0 Å². The molecule has 0 bridgehead atoms. The van der Waals surface area contributed by atoms with E-state index in [1.165, 1.54) is 0 Å². The van der Waals surface area contributed by atoms with E-state index < -0.39 is 0 Å². The monoisotopic (exact) mass is 316 g/mol. The van der Waals surface area contributed by atoms with Gasteiger partial charge in [0.15, 0.2) is 0 Å². The van der Waals surface area contributed by atoms with Crippen molar-refractivity contribution in [2.45, 2.75) is 0 Å². The second kappa shape index (κ2) is 5.04. The van der Waals surface area contributed by atoms with Gasteiger partial charge in [0.25, 0.3) is 0 Å². The van der Waals surface area contributed by atoms with Gasteiger partial charge >= 0.3 is 0 Å². The van der Waals surface area contributed by atoms with Gasteiger partial charge < -0.3 is 5.32 Å². The minimum atomic E-state index is 0.564. The minimum Gasteiger partial charge on any atom is -0.339 e. The molecule has 0 unspecified atom stereocenters. The summed E-state index contributed by atoms with van der Waals surface area (Å²) >= 11 is 15.1. The first-order valence-electron chi connectivity index (χ1n) is 4.50. The molecule has 5 heteroatoms. The molecule has 16 heavy (non-hydrogen) atoms. The van der Waals surface area contributed by atoms with E-state index in [0.29, 0.717) is 10.0 Å². The van der Waals surface area contributed by atoms with Crippen LogP contribution in [-0.4, -0.2) is 4.98 Å². The van der Waals surface area contributed by atoms with E-state index in [-0.39, 0.29) is 0 Å². The molecule has 2 nitrogen and oxygen atoms in total. The number of rotatable bonds is 2. The van der Waals surface area contributed by atoms with Crippen molar-refractivity contribution < 1.29 is 0 Å². The Balaban J connectivity index is 2.27. The van der Waals surface area contributed by atoms with Crippen LogP contribution in [0.4, 0.5) is 11.5 Å². The maximum absolute atomic E-state index is 6.03. The average Bonchev–Trinajstić information content (AvgIpc) is 2.22. The number of hydrogen-bond donors (Lipinski definition) is 1. The fraction of sp³-hybridized carbons (Fsp3) is 0. The smallest absolute Gasteiger partial charge is 0.131 e. The highest BCUT2D eigenvalue weighted by Crippen LogP contribution is 2.27. The fourth-order valence-electron chi connectivity index (χ4n) is 1.21. The maximum atomic E-state index is 6.03. The molecular weight excluding hydrogens is 311 g/mol. The topological polar surface area (TPSA) is 24.9 Å². The van der Waals surface area contributed by atoms with Crippen molar-refractivity contribution in [3.05, 3.63) is 51.0 Å². The summed E-state index contributed by atoms with van der Waals surface area (Å²) in [5, 5.41) is 4.28. The summed E-state index contributed by atoms with van der Waals surface area (Å²) in [4.78, 5) is 4.25. The first kappa shape index (κ1) is 11.7. The molecule has 2 aromatic rings. The molecule has 0 spiro atoms. The summed E-state index contributed by atoms with van der Waals surface area (Å²) in [6.07, 6.45) is 0. The summed E-state index contributed by atoms with van der Waals surface area (Å²) in [6, 6.07) is 10.9. The number of aromatic nitrogens is 1. The van der Waals surface area contributed by atoms with Gasteiger partial charge in [0.05, 0.1) is 10.7 Å². The summed E-state index contributed by atoms with van der Waals surface area (Å²) < 4.78 is 0.766. The number of anilines is 2. The van der Waals surface area contributed by atoms with Crippen molar-refractivity contribution >= 4 is 50.6 Å². The van der Waals surface area contributed by atoms with Gasteiger partial charge in [-0.1, -0.05) is 29.3 Å². The van der Waals surface area contributed by atoms with Gasteiger partial charge in [0.2, 0.25) is 0 Å². The predicted octanol–water partition coefficient (Wildman–Crippen LogP) is 4.89. The number of halogens is 3. The molecule has 0 aliphatic heterocycles. The lowest BCUT2D eigenvalue weighted by Crippen LogP contribution is -1.93. The molecule has 0 amide bonds. The molecule has 82 valence electrons. The van der Waals surface area contributed by atoms with Gasteiger partial charge in [-0.2, -0.15) is 0 Å². The number of nitrogens with one attached hydrogen (secondary N) is 1. The quantitative estimate of drug-likeness (QED) is 0.797. The van der Waals surface area contributed by atoms with Gasteiger partial charge in [0.1, 0.15) is 10.4 Å². The first-order valence-corrected chi connectivity index (χ1v) is 6.05. The van der Waals surface area contributed by atoms with E-state index in [4.69, 9.17) is 23.2 Å². The predicted molar refractivity (Wildman–Crippen MR) is 71.7 cm³/mol. The Kier molecular flexibility index (Phi) is 3.69. The van der Waals surface area contributed by atoms with Crippen LogP contribution in [0.25, 0.3) is 0 Å². The van der Waals surface area contributed by atoms with Gasteiger partial charge in [-0.25, -0.2) is 4.98 Å². The molecule has 0 aliphatic carbocycles. The van der Waals surface area contributed by atoms with Crippen molar-refractivity contribution in [2.24, 2.45) is 0 Å². The molecule has 0 aliphatic rings. The Bertz CT molecular complexity index is 517. The highest BCUT2D eigenvalue weighted by molar-refractivity contribution is 9.10. The molecular formula is C11H7BrCl2N2. The lowest BCUT2D eigenvalue weighted by atomic mass is 10.3. The maximum Gasteiger partial charge on any atom is 0.131 e. The highest BCUT2D eigenvalue weighted by Gasteiger charge is 2.02.